The number of furan rings is 1. The van der Waals surface area contributed by atoms with Gasteiger partial charge in [-0.05, 0) is 26.0 Å². The second kappa shape index (κ2) is 7.31. The highest BCUT2D eigenvalue weighted by atomic mass is 16.3. The van der Waals surface area contributed by atoms with Crippen LogP contribution in [0.15, 0.2) is 16.5 Å². The molecule has 3 heterocycles. The topological polar surface area (TPSA) is 60.2 Å². The molecule has 144 valence electrons. The van der Waals surface area contributed by atoms with Crippen LogP contribution in [0.25, 0.3) is 0 Å². The normalized spacial score (nSPS) is 24.4. The molecule has 0 aromatic carbocycles. The van der Waals surface area contributed by atoms with Crippen molar-refractivity contribution in [3.63, 3.8) is 0 Å². The molecule has 3 amide bonds. The minimum Gasteiger partial charge on any atom is -0.465 e. The predicted octanol–water partition coefficient (Wildman–Crippen LogP) is 1.63. The quantitative estimate of drug-likeness (QED) is 0.820. The average Bonchev–Trinajstić information content (AvgIpc) is 3.07. The Labute approximate surface area is 155 Å². The fourth-order valence-electron chi connectivity index (χ4n) is 4.20. The molecule has 0 bridgehead atoms. The van der Waals surface area contributed by atoms with E-state index in [0.29, 0.717) is 32.6 Å². The van der Waals surface area contributed by atoms with Crippen LogP contribution in [0.5, 0.6) is 0 Å². The SMILES string of the molecule is CCN1C[C@]2(CC1=O)CN(Cc1ccc(C)o1)CCN(C(=O)N(C)C)C2. The lowest BCUT2D eigenvalue weighted by Gasteiger charge is -2.34. The summed E-state index contributed by atoms with van der Waals surface area (Å²) in [4.78, 5) is 32.8. The number of amides is 3. The molecule has 2 saturated heterocycles. The molecular weight excluding hydrogens is 332 g/mol. The molecule has 1 spiro atoms. The second-order valence-electron chi connectivity index (χ2n) is 7.91. The number of hydrogen-bond acceptors (Lipinski definition) is 4. The maximum atomic E-state index is 12.6. The zero-order valence-corrected chi connectivity index (χ0v) is 16.3. The van der Waals surface area contributed by atoms with Gasteiger partial charge in [-0.25, -0.2) is 4.79 Å². The third-order valence-corrected chi connectivity index (χ3v) is 5.39. The maximum Gasteiger partial charge on any atom is 0.319 e. The van der Waals surface area contributed by atoms with Crippen molar-refractivity contribution < 1.29 is 14.0 Å². The molecule has 2 aliphatic rings. The number of carbonyl (C=O) groups is 2. The van der Waals surface area contributed by atoms with E-state index in [2.05, 4.69) is 4.90 Å². The Kier molecular flexibility index (Phi) is 5.27. The van der Waals surface area contributed by atoms with Crippen LogP contribution >= 0.6 is 0 Å². The van der Waals surface area contributed by atoms with Gasteiger partial charge in [-0.2, -0.15) is 0 Å². The summed E-state index contributed by atoms with van der Waals surface area (Å²) in [5.74, 6) is 2.03. The van der Waals surface area contributed by atoms with Gasteiger partial charge in [-0.15, -0.1) is 0 Å². The van der Waals surface area contributed by atoms with Crippen molar-refractivity contribution in [1.82, 2.24) is 19.6 Å². The highest BCUT2D eigenvalue weighted by molar-refractivity contribution is 5.80. The first-order chi connectivity index (χ1) is 12.3. The van der Waals surface area contributed by atoms with Crippen molar-refractivity contribution in [2.75, 3.05) is 53.4 Å². The molecule has 1 aromatic rings. The fourth-order valence-corrected chi connectivity index (χ4v) is 4.20. The van der Waals surface area contributed by atoms with E-state index in [0.717, 1.165) is 31.2 Å². The number of nitrogens with zero attached hydrogens (tertiary/aromatic N) is 4. The summed E-state index contributed by atoms with van der Waals surface area (Å²) in [6, 6.07) is 4.00. The van der Waals surface area contributed by atoms with E-state index in [9.17, 15) is 9.59 Å². The van der Waals surface area contributed by atoms with E-state index >= 15 is 0 Å². The lowest BCUT2D eigenvalue weighted by Crippen LogP contribution is -2.47. The predicted molar refractivity (Wildman–Crippen MR) is 98.7 cm³/mol. The van der Waals surface area contributed by atoms with Crippen LogP contribution in [0.4, 0.5) is 4.79 Å². The molecule has 0 saturated carbocycles. The van der Waals surface area contributed by atoms with Gasteiger partial charge in [0.1, 0.15) is 11.5 Å². The fraction of sp³-hybridized carbons (Fsp3) is 0.684. The van der Waals surface area contributed by atoms with E-state index in [1.165, 1.54) is 0 Å². The van der Waals surface area contributed by atoms with Crippen LogP contribution in [-0.2, 0) is 11.3 Å². The molecule has 2 fully saturated rings. The molecule has 0 radical (unpaired) electrons. The van der Waals surface area contributed by atoms with E-state index in [-0.39, 0.29) is 17.4 Å². The molecule has 1 atom stereocenters. The van der Waals surface area contributed by atoms with E-state index < -0.39 is 0 Å². The van der Waals surface area contributed by atoms with Crippen molar-refractivity contribution in [3.05, 3.63) is 23.7 Å². The molecule has 7 nitrogen and oxygen atoms in total. The summed E-state index contributed by atoms with van der Waals surface area (Å²) in [6.07, 6.45) is 0.506. The van der Waals surface area contributed by atoms with Gasteiger partial charge in [0.2, 0.25) is 5.91 Å². The van der Waals surface area contributed by atoms with Crippen LogP contribution < -0.4 is 0 Å². The molecule has 1 aromatic heterocycles. The Morgan fingerprint density at radius 2 is 2.00 bits per heavy atom. The summed E-state index contributed by atoms with van der Waals surface area (Å²) < 4.78 is 5.75. The van der Waals surface area contributed by atoms with Crippen molar-refractivity contribution in [2.24, 2.45) is 5.41 Å². The Morgan fingerprint density at radius 1 is 1.23 bits per heavy atom. The maximum absolute atomic E-state index is 12.6. The Balaban J connectivity index is 1.82. The lowest BCUT2D eigenvalue weighted by molar-refractivity contribution is -0.127. The molecular formula is C19H30N4O3. The van der Waals surface area contributed by atoms with Crippen LogP contribution in [-0.4, -0.2) is 84.9 Å². The number of aryl methyl sites for hydroxylation is 1. The highest BCUT2D eigenvalue weighted by Gasteiger charge is 2.47. The number of hydrogen-bond donors (Lipinski definition) is 0. The van der Waals surface area contributed by atoms with Gasteiger partial charge >= 0.3 is 6.03 Å². The van der Waals surface area contributed by atoms with Gasteiger partial charge in [0.05, 0.1) is 6.54 Å². The van der Waals surface area contributed by atoms with E-state index in [1.807, 2.05) is 35.8 Å². The van der Waals surface area contributed by atoms with Crippen LogP contribution in [0, 0.1) is 12.3 Å². The second-order valence-corrected chi connectivity index (χ2v) is 7.91. The monoisotopic (exact) mass is 362 g/mol. The summed E-state index contributed by atoms with van der Waals surface area (Å²) in [6.45, 7) is 8.97. The van der Waals surface area contributed by atoms with Gasteiger partial charge in [0, 0.05) is 65.2 Å². The number of likely N-dealkylation sites (tertiary alicyclic amines) is 1. The van der Waals surface area contributed by atoms with Crippen molar-refractivity contribution in [3.8, 4) is 0 Å². The van der Waals surface area contributed by atoms with Crippen molar-refractivity contribution >= 4 is 11.9 Å². The highest BCUT2D eigenvalue weighted by Crippen LogP contribution is 2.35. The largest absolute Gasteiger partial charge is 0.465 e. The van der Waals surface area contributed by atoms with Crippen LogP contribution in [0.3, 0.4) is 0 Å². The first-order valence-electron chi connectivity index (χ1n) is 9.33. The van der Waals surface area contributed by atoms with E-state index in [4.69, 9.17) is 4.42 Å². The van der Waals surface area contributed by atoms with Crippen LogP contribution in [0.2, 0.25) is 0 Å². The third-order valence-electron chi connectivity index (χ3n) is 5.39. The summed E-state index contributed by atoms with van der Waals surface area (Å²) in [5.41, 5.74) is -0.211. The summed E-state index contributed by atoms with van der Waals surface area (Å²) in [7, 11) is 3.56. The van der Waals surface area contributed by atoms with E-state index in [1.54, 1.807) is 19.0 Å². The molecule has 26 heavy (non-hydrogen) atoms. The minimum atomic E-state index is -0.211. The van der Waals surface area contributed by atoms with Crippen molar-refractivity contribution in [2.45, 2.75) is 26.8 Å². The number of carbonyl (C=O) groups excluding carboxylic acids is 2. The van der Waals surface area contributed by atoms with Gasteiger partial charge in [-0.3, -0.25) is 9.69 Å². The van der Waals surface area contributed by atoms with Gasteiger partial charge < -0.3 is 19.1 Å². The molecule has 3 rings (SSSR count). The van der Waals surface area contributed by atoms with Gasteiger partial charge in [-0.1, -0.05) is 0 Å². The molecule has 0 N–H and O–H groups in total. The first kappa shape index (κ1) is 18.8. The zero-order valence-electron chi connectivity index (χ0n) is 16.3. The number of rotatable bonds is 3. The molecule has 2 aliphatic heterocycles. The summed E-state index contributed by atoms with van der Waals surface area (Å²) in [5, 5.41) is 0. The third kappa shape index (κ3) is 3.87. The molecule has 0 unspecified atom stereocenters. The van der Waals surface area contributed by atoms with Crippen molar-refractivity contribution in [1.29, 1.82) is 0 Å². The number of urea groups is 1. The molecule has 0 aliphatic carbocycles. The minimum absolute atomic E-state index is 0.0162. The van der Waals surface area contributed by atoms with Gasteiger partial charge in [0.15, 0.2) is 0 Å². The summed E-state index contributed by atoms with van der Waals surface area (Å²) >= 11 is 0. The first-order valence-corrected chi connectivity index (χ1v) is 9.33. The lowest BCUT2D eigenvalue weighted by atomic mass is 9.86. The Morgan fingerprint density at radius 3 is 2.58 bits per heavy atom. The van der Waals surface area contributed by atoms with Crippen LogP contribution in [0.1, 0.15) is 24.9 Å². The van der Waals surface area contributed by atoms with Gasteiger partial charge in [0.25, 0.3) is 0 Å². The Hall–Kier alpha value is -2.02. The Bertz CT molecular complexity index is 671. The molecule has 7 heteroatoms. The zero-order chi connectivity index (χ0) is 18.9. The standard InChI is InChI=1S/C19H30N4O3/c1-5-22-13-19(10-17(22)24)12-21(11-16-7-6-15(2)26-16)8-9-23(14-19)18(25)20(3)4/h6-7H,5,8-14H2,1-4H3/t19-/m0/s1. The smallest absolute Gasteiger partial charge is 0.319 e. The average molecular weight is 362 g/mol.